The molecule has 0 heterocycles. The molecule has 0 bridgehead atoms. The van der Waals surface area contributed by atoms with Crippen LogP contribution in [0.15, 0.2) is 0 Å². The molecular formula is C3H8KN2O2S2. The summed E-state index contributed by atoms with van der Waals surface area (Å²) in [5.74, 6) is 4.35. The third-order valence-corrected chi connectivity index (χ3v) is 0.203. The Labute approximate surface area is 113 Å². The van der Waals surface area contributed by atoms with Crippen LogP contribution in [0.2, 0.25) is 0 Å². The second-order valence-corrected chi connectivity index (χ2v) is 2.15. The molecular weight excluding hydrogens is 199 g/mol. The largest absolute Gasteiger partial charge is 0.295 e. The Bertz CT molecular complexity index is 107. The van der Waals surface area contributed by atoms with Crippen LogP contribution in [-0.2, 0) is 4.79 Å². The number of carbonyl (C=O) groups is 2. The molecule has 0 aliphatic heterocycles. The van der Waals surface area contributed by atoms with E-state index in [1.54, 1.807) is 0 Å². The number of hydrogen-bond donors (Lipinski definition) is 4. The standard InChI is InChI=1S/C2H6N2O.CH2OS2.K/c1-2(5)4-3;2-1(3)4;/h3H2,1H3,(H,4,5);(H2,2,3,4);. The first kappa shape index (κ1) is 17.5. The maximum Gasteiger partial charge on any atom is 0.239 e. The summed E-state index contributed by atoms with van der Waals surface area (Å²) in [4.78, 5) is 18.7. The van der Waals surface area contributed by atoms with Gasteiger partial charge in [0.15, 0.2) is 0 Å². The Morgan fingerprint density at radius 1 is 1.40 bits per heavy atom. The maximum absolute atomic E-state index is 9.58. The van der Waals surface area contributed by atoms with E-state index in [1.807, 2.05) is 5.43 Å². The Balaban J connectivity index is -0.0000000910. The molecule has 3 N–H and O–H groups in total. The van der Waals surface area contributed by atoms with E-state index < -0.39 is 4.45 Å². The van der Waals surface area contributed by atoms with Crippen LogP contribution in [0, 0.1) is 0 Å². The van der Waals surface area contributed by atoms with E-state index in [0.717, 1.165) is 0 Å². The molecule has 1 amide bonds. The molecule has 0 spiro atoms. The summed E-state index contributed by atoms with van der Waals surface area (Å²) < 4.78 is -0.444. The van der Waals surface area contributed by atoms with E-state index in [0.29, 0.717) is 0 Å². The van der Waals surface area contributed by atoms with Crippen molar-refractivity contribution >= 4 is 87.0 Å². The fourth-order valence-corrected chi connectivity index (χ4v) is 0. The topological polar surface area (TPSA) is 72.2 Å². The van der Waals surface area contributed by atoms with Crippen molar-refractivity contribution in [2.45, 2.75) is 6.92 Å². The molecule has 0 saturated carbocycles. The monoisotopic (exact) mass is 207 g/mol. The normalized spacial score (nSPS) is 6.00. The van der Waals surface area contributed by atoms with Gasteiger partial charge in [0.05, 0.1) is 0 Å². The summed E-state index contributed by atoms with van der Waals surface area (Å²) in [7, 11) is 0. The van der Waals surface area contributed by atoms with Crippen molar-refractivity contribution in [2.75, 3.05) is 0 Å². The SMILES string of the molecule is CC(=O)NN.O=C(S)S.[K]. The third kappa shape index (κ3) is 56.9. The van der Waals surface area contributed by atoms with Crippen molar-refractivity contribution in [2.24, 2.45) is 5.84 Å². The molecule has 0 saturated heterocycles. The van der Waals surface area contributed by atoms with Gasteiger partial charge in [0, 0.05) is 58.3 Å². The Kier molecular flexibility index (Phi) is 22.9. The summed E-state index contributed by atoms with van der Waals surface area (Å²) in [5, 5.41) is 0. The molecule has 0 fully saturated rings. The maximum atomic E-state index is 9.58. The first-order valence-corrected chi connectivity index (χ1v) is 2.79. The van der Waals surface area contributed by atoms with Crippen LogP contribution in [0.3, 0.4) is 0 Å². The first-order chi connectivity index (χ1) is 4.00. The number of rotatable bonds is 0. The van der Waals surface area contributed by atoms with E-state index in [4.69, 9.17) is 0 Å². The number of hydrazine groups is 1. The molecule has 0 atom stereocenters. The van der Waals surface area contributed by atoms with Crippen LogP contribution >= 0.6 is 25.3 Å². The number of nitrogens with two attached hydrogens (primary N) is 1. The van der Waals surface area contributed by atoms with Gasteiger partial charge >= 0.3 is 0 Å². The first-order valence-electron chi connectivity index (χ1n) is 1.89. The molecule has 0 aliphatic rings. The quantitative estimate of drug-likeness (QED) is 0.143. The van der Waals surface area contributed by atoms with Crippen molar-refractivity contribution < 1.29 is 9.59 Å². The molecule has 0 aromatic heterocycles. The molecule has 0 aromatic carbocycles. The summed E-state index contributed by atoms with van der Waals surface area (Å²) in [6.07, 6.45) is 0. The number of amides is 1. The summed E-state index contributed by atoms with van der Waals surface area (Å²) in [6.45, 7) is 1.35. The predicted molar refractivity (Wildman–Crippen MR) is 47.1 cm³/mol. The Hall–Kier alpha value is 1.44. The zero-order valence-corrected chi connectivity index (χ0v) is 10.7. The van der Waals surface area contributed by atoms with Gasteiger partial charge in [-0.2, -0.15) is 0 Å². The van der Waals surface area contributed by atoms with Crippen LogP contribution in [-0.4, -0.2) is 61.7 Å². The minimum atomic E-state index is -0.444. The van der Waals surface area contributed by atoms with Gasteiger partial charge in [0.25, 0.3) is 0 Å². The molecule has 0 unspecified atom stereocenters. The average molecular weight is 207 g/mol. The summed E-state index contributed by atoms with van der Waals surface area (Å²) in [5.41, 5.74) is 1.89. The number of nitrogens with one attached hydrogen (secondary N) is 1. The van der Waals surface area contributed by atoms with Gasteiger partial charge < -0.3 is 0 Å². The fourth-order valence-electron chi connectivity index (χ4n) is 0. The molecule has 0 rings (SSSR count). The van der Waals surface area contributed by atoms with Gasteiger partial charge in [0.1, 0.15) is 0 Å². The zero-order valence-electron chi connectivity index (χ0n) is 5.79. The van der Waals surface area contributed by atoms with Gasteiger partial charge in [-0.05, 0) is 0 Å². The van der Waals surface area contributed by atoms with Gasteiger partial charge in [-0.15, -0.1) is 0 Å². The number of carbonyl (C=O) groups excluding carboxylic acids is 2. The Morgan fingerprint density at radius 3 is 1.50 bits per heavy atom. The van der Waals surface area contributed by atoms with Crippen LogP contribution in [0.1, 0.15) is 6.92 Å². The van der Waals surface area contributed by atoms with E-state index >= 15 is 0 Å². The van der Waals surface area contributed by atoms with Crippen molar-refractivity contribution in [1.29, 1.82) is 0 Å². The molecule has 10 heavy (non-hydrogen) atoms. The van der Waals surface area contributed by atoms with Gasteiger partial charge in [-0.25, -0.2) is 5.84 Å². The molecule has 0 aliphatic carbocycles. The van der Waals surface area contributed by atoms with Gasteiger partial charge in [-0.3, -0.25) is 15.0 Å². The second kappa shape index (κ2) is 13.1. The minimum Gasteiger partial charge on any atom is -0.295 e. The number of hydrogen-bond acceptors (Lipinski definition) is 3. The van der Waals surface area contributed by atoms with Crippen LogP contribution in [0.5, 0.6) is 0 Å². The van der Waals surface area contributed by atoms with E-state index in [2.05, 4.69) is 31.1 Å². The molecule has 7 heteroatoms. The van der Waals surface area contributed by atoms with E-state index in [-0.39, 0.29) is 57.3 Å². The van der Waals surface area contributed by atoms with Crippen LogP contribution < -0.4 is 11.3 Å². The van der Waals surface area contributed by atoms with Crippen LogP contribution in [0.25, 0.3) is 0 Å². The molecule has 55 valence electrons. The minimum absolute atomic E-state index is 0. The van der Waals surface area contributed by atoms with Crippen molar-refractivity contribution in [1.82, 2.24) is 5.43 Å². The Morgan fingerprint density at radius 2 is 1.50 bits per heavy atom. The molecule has 4 nitrogen and oxygen atoms in total. The fraction of sp³-hybridized carbons (Fsp3) is 0.333. The smallest absolute Gasteiger partial charge is 0.239 e. The van der Waals surface area contributed by atoms with Crippen molar-refractivity contribution in [3.8, 4) is 0 Å². The second-order valence-electron chi connectivity index (χ2n) is 0.983. The third-order valence-electron chi connectivity index (χ3n) is 0.203. The van der Waals surface area contributed by atoms with Crippen LogP contribution in [0.4, 0.5) is 4.79 Å². The van der Waals surface area contributed by atoms with Crippen molar-refractivity contribution in [3.63, 3.8) is 0 Å². The summed E-state index contributed by atoms with van der Waals surface area (Å²) in [6, 6.07) is 0. The van der Waals surface area contributed by atoms with E-state index in [1.165, 1.54) is 6.92 Å². The van der Waals surface area contributed by atoms with Gasteiger partial charge in [-0.1, -0.05) is 25.3 Å². The zero-order chi connectivity index (χ0) is 7.86. The average Bonchev–Trinajstić information content (AvgIpc) is 1.65. The van der Waals surface area contributed by atoms with Crippen molar-refractivity contribution in [3.05, 3.63) is 0 Å². The van der Waals surface area contributed by atoms with Gasteiger partial charge in [0.2, 0.25) is 10.4 Å². The molecule has 0 aromatic rings. The summed E-state index contributed by atoms with van der Waals surface area (Å²) >= 11 is 6.38. The van der Waals surface area contributed by atoms with E-state index in [9.17, 15) is 9.59 Å². The molecule has 1 radical (unpaired) electrons. The predicted octanol–water partition coefficient (Wildman–Crippen LogP) is -0.419. The number of thiol groups is 2.